The fourth-order valence-electron chi connectivity index (χ4n) is 5.36. The molecule has 0 aromatic heterocycles. The van der Waals surface area contributed by atoms with E-state index in [2.05, 4.69) is 32.7 Å². The number of hydrogen-bond acceptors (Lipinski definition) is 10. The van der Waals surface area contributed by atoms with Crippen LogP contribution in [0.15, 0.2) is 39.4 Å². The van der Waals surface area contributed by atoms with E-state index in [-0.39, 0.29) is 12.1 Å². The highest BCUT2D eigenvalue weighted by Crippen LogP contribution is 2.28. The third kappa shape index (κ3) is 7.54. The average Bonchev–Trinajstić information content (AvgIpc) is 2.94. The van der Waals surface area contributed by atoms with Gasteiger partial charge in [0.05, 0.1) is 18.4 Å². The van der Waals surface area contributed by atoms with Crippen molar-refractivity contribution in [2.75, 3.05) is 51.7 Å². The van der Waals surface area contributed by atoms with Gasteiger partial charge in [0, 0.05) is 50.5 Å². The summed E-state index contributed by atoms with van der Waals surface area (Å²) in [5.41, 5.74) is 6.12. The summed E-state index contributed by atoms with van der Waals surface area (Å²) < 4.78 is 6.05. The minimum atomic E-state index is -1.24. The predicted molar refractivity (Wildman–Crippen MR) is 156 cm³/mol. The maximum atomic E-state index is 12.6. The number of likely N-dealkylation sites (N-methyl/N-ethyl adjacent to an activating group) is 1. The van der Waals surface area contributed by atoms with Gasteiger partial charge in [0.25, 0.3) is 0 Å². The Morgan fingerprint density at radius 3 is 2.59 bits per heavy atom. The molecular weight excluding hydrogens is 496 g/mol. The number of nitrogens with zero attached hydrogens (tertiary/aromatic N) is 5. The number of piperazine rings is 1. The molecule has 2 fully saturated rings. The lowest BCUT2D eigenvalue weighted by Gasteiger charge is -2.36. The van der Waals surface area contributed by atoms with E-state index in [0.29, 0.717) is 18.9 Å². The molecule has 2 aliphatic heterocycles. The van der Waals surface area contributed by atoms with E-state index in [9.17, 15) is 9.70 Å². The molecular formula is C28H44N8O3. The van der Waals surface area contributed by atoms with Crippen molar-refractivity contribution in [3.8, 4) is 5.75 Å². The number of amides is 1. The van der Waals surface area contributed by atoms with E-state index in [1.165, 1.54) is 0 Å². The summed E-state index contributed by atoms with van der Waals surface area (Å²) in [5.74, 6) is 0.894. The van der Waals surface area contributed by atoms with E-state index in [1.807, 2.05) is 31.2 Å². The van der Waals surface area contributed by atoms with Crippen molar-refractivity contribution in [2.45, 2.75) is 76.2 Å². The largest absolute Gasteiger partial charge is 0.493 e. The molecule has 0 spiro atoms. The van der Waals surface area contributed by atoms with Crippen LogP contribution in [0, 0.1) is 4.91 Å². The lowest BCUT2D eigenvalue weighted by Crippen LogP contribution is -2.57. The summed E-state index contributed by atoms with van der Waals surface area (Å²) >= 11 is 0. The fourth-order valence-corrected chi connectivity index (χ4v) is 5.36. The smallest absolute Gasteiger partial charge is 0.249 e. The molecule has 1 amide bonds. The minimum Gasteiger partial charge on any atom is -0.493 e. The standard InChI is InChI=1S/C28H44N8O3/c1-4-24-25(30-20-9-11-21(34-38)12-10-20)32-27(28(2,33-24)26(29)37)31-22-7-5-8-23(19-22)39-18-6-13-36-16-14-35(3)15-17-36/h5,7-8,19-21,27,31H,4,6,9-18H2,1-3H3,(H2,29,37)(H,30,32)/t20-,21-,27?,28?. The predicted octanol–water partition coefficient (Wildman–Crippen LogP) is 2.62. The molecule has 39 heavy (non-hydrogen) atoms. The normalized spacial score (nSPS) is 28.2. The molecule has 4 rings (SSSR count). The molecule has 4 N–H and O–H groups in total. The van der Waals surface area contributed by atoms with Gasteiger partial charge in [-0.25, -0.2) is 4.99 Å². The molecule has 2 unspecified atom stereocenters. The SMILES string of the molecule is CCC1=NC(C)(C(N)=O)C(Nc2cccc(OCCCN3CCN(C)CC3)c2)N=C1N[C@H]1CC[C@H](N=O)CC1. The maximum absolute atomic E-state index is 12.6. The van der Waals surface area contributed by atoms with Gasteiger partial charge in [-0.05, 0) is 64.6 Å². The Hall–Kier alpha value is -3.05. The Labute approximate surface area is 231 Å². The second-order valence-electron chi connectivity index (χ2n) is 11.1. The number of carbonyl (C=O) groups is 1. The third-order valence-corrected chi connectivity index (χ3v) is 8.07. The Bertz CT molecular complexity index is 1050. The second kappa shape index (κ2) is 13.3. The first-order chi connectivity index (χ1) is 18.8. The number of nitrogens with two attached hydrogens (primary N) is 1. The zero-order valence-electron chi connectivity index (χ0n) is 23.6. The highest BCUT2D eigenvalue weighted by Gasteiger charge is 2.44. The summed E-state index contributed by atoms with van der Waals surface area (Å²) in [5, 5.41) is 10.1. The third-order valence-electron chi connectivity index (χ3n) is 8.07. The van der Waals surface area contributed by atoms with E-state index >= 15 is 0 Å². The van der Waals surface area contributed by atoms with Crippen LogP contribution >= 0.6 is 0 Å². The van der Waals surface area contributed by atoms with Crippen molar-refractivity contribution < 1.29 is 9.53 Å². The Morgan fingerprint density at radius 2 is 1.92 bits per heavy atom. The van der Waals surface area contributed by atoms with Crippen LogP contribution in [0.4, 0.5) is 5.69 Å². The molecule has 11 heteroatoms. The van der Waals surface area contributed by atoms with E-state index in [4.69, 9.17) is 20.5 Å². The molecule has 214 valence electrons. The number of anilines is 1. The van der Waals surface area contributed by atoms with Crippen LogP contribution in [-0.2, 0) is 4.79 Å². The van der Waals surface area contributed by atoms with Crippen LogP contribution in [-0.4, -0.2) is 97.4 Å². The summed E-state index contributed by atoms with van der Waals surface area (Å²) in [7, 11) is 2.16. The van der Waals surface area contributed by atoms with Crippen LogP contribution in [0.2, 0.25) is 0 Å². The summed E-state index contributed by atoms with van der Waals surface area (Å²) in [6.45, 7) is 9.81. The fraction of sp³-hybridized carbons (Fsp3) is 0.679. The van der Waals surface area contributed by atoms with Crippen LogP contribution in [0.25, 0.3) is 0 Å². The summed E-state index contributed by atoms with van der Waals surface area (Å²) in [6, 6.07) is 7.78. The molecule has 1 aromatic rings. The first-order valence-corrected chi connectivity index (χ1v) is 14.3. The van der Waals surface area contributed by atoms with Crippen LogP contribution in [0.1, 0.15) is 52.4 Å². The number of hydrogen-bond donors (Lipinski definition) is 3. The van der Waals surface area contributed by atoms with Crippen LogP contribution in [0.3, 0.4) is 0 Å². The maximum Gasteiger partial charge on any atom is 0.249 e. The number of rotatable bonds is 11. The van der Waals surface area contributed by atoms with Crippen molar-refractivity contribution in [1.29, 1.82) is 0 Å². The molecule has 11 nitrogen and oxygen atoms in total. The van der Waals surface area contributed by atoms with Gasteiger partial charge in [-0.2, -0.15) is 4.91 Å². The molecule has 0 radical (unpaired) electrons. The molecule has 1 saturated carbocycles. The monoisotopic (exact) mass is 540 g/mol. The number of carbonyl (C=O) groups excluding carboxylic acids is 1. The molecule has 2 atom stereocenters. The van der Waals surface area contributed by atoms with E-state index < -0.39 is 17.6 Å². The van der Waals surface area contributed by atoms with Crippen LogP contribution in [0.5, 0.6) is 5.75 Å². The van der Waals surface area contributed by atoms with Gasteiger partial charge in [0.1, 0.15) is 11.6 Å². The van der Waals surface area contributed by atoms with Crippen molar-refractivity contribution in [3.63, 3.8) is 0 Å². The van der Waals surface area contributed by atoms with Crippen molar-refractivity contribution in [1.82, 2.24) is 15.1 Å². The highest BCUT2D eigenvalue weighted by molar-refractivity contribution is 6.42. The molecule has 2 heterocycles. The number of primary amides is 1. The number of aliphatic imine (C=N–C) groups is 2. The molecule has 1 aliphatic carbocycles. The lowest BCUT2D eigenvalue weighted by molar-refractivity contribution is -0.122. The average molecular weight is 541 g/mol. The lowest BCUT2D eigenvalue weighted by atomic mass is 9.91. The van der Waals surface area contributed by atoms with Crippen molar-refractivity contribution >= 4 is 23.1 Å². The number of nitrogens with one attached hydrogen (secondary N) is 2. The van der Waals surface area contributed by atoms with E-state index in [0.717, 1.165) is 82.0 Å². The Balaban J connectivity index is 1.40. The first kappa shape index (κ1) is 28.9. The van der Waals surface area contributed by atoms with Gasteiger partial charge < -0.3 is 30.9 Å². The number of benzene rings is 1. The molecule has 3 aliphatic rings. The topological polar surface area (TPSA) is 137 Å². The summed E-state index contributed by atoms with van der Waals surface area (Å²) in [4.78, 5) is 38.1. The Morgan fingerprint density at radius 1 is 1.18 bits per heavy atom. The van der Waals surface area contributed by atoms with E-state index in [1.54, 1.807) is 6.92 Å². The van der Waals surface area contributed by atoms with Gasteiger partial charge in [-0.3, -0.25) is 9.79 Å². The van der Waals surface area contributed by atoms with Crippen LogP contribution < -0.4 is 21.1 Å². The first-order valence-electron chi connectivity index (χ1n) is 14.3. The number of amidine groups is 1. The van der Waals surface area contributed by atoms with Gasteiger partial charge in [0.15, 0.2) is 11.7 Å². The number of nitroso groups, excluding NO2 is 1. The van der Waals surface area contributed by atoms with Gasteiger partial charge >= 0.3 is 0 Å². The minimum absolute atomic E-state index is 0.107. The molecule has 1 aromatic carbocycles. The van der Waals surface area contributed by atoms with Gasteiger partial charge in [-0.15, -0.1) is 0 Å². The van der Waals surface area contributed by atoms with Gasteiger partial charge in [-0.1, -0.05) is 18.2 Å². The van der Waals surface area contributed by atoms with Gasteiger partial charge in [0.2, 0.25) is 5.91 Å². The second-order valence-corrected chi connectivity index (χ2v) is 11.1. The van der Waals surface area contributed by atoms with Crippen molar-refractivity contribution in [3.05, 3.63) is 29.2 Å². The van der Waals surface area contributed by atoms with Crippen molar-refractivity contribution in [2.24, 2.45) is 20.9 Å². The zero-order chi connectivity index (χ0) is 27.8. The number of ether oxygens (including phenoxy) is 1. The zero-order valence-corrected chi connectivity index (χ0v) is 23.6. The summed E-state index contributed by atoms with van der Waals surface area (Å²) in [6.07, 6.45) is 4.09. The quantitative estimate of drug-likeness (QED) is 0.290. The molecule has 0 bridgehead atoms. The Kier molecular flexibility index (Phi) is 9.90. The highest BCUT2D eigenvalue weighted by atomic mass is 16.5. The molecule has 1 saturated heterocycles.